The zero-order chi connectivity index (χ0) is 15.1. The molecule has 0 bridgehead atoms. The van der Waals surface area contributed by atoms with Crippen LogP contribution < -0.4 is 10.6 Å². The third-order valence-electron chi connectivity index (χ3n) is 4.15. The van der Waals surface area contributed by atoms with E-state index in [1.165, 1.54) is 5.56 Å². The lowest BCUT2D eigenvalue weighted by Gasteiger charge is -2.17. The van der Waals surface area contributed by atoms with Crippen molar-refractivity contribution in [2.75, 3.05) is 26.2 Å². The van der Waals surface area contributed by atoms with Gasteiger partial charge in [0.1, 0.15) is 0 Å². The Morgan fingerprint density at radius 3 is 2.57 bits per heavy atom. The van der Waals surface area contributed by atoms with Gasteiger partial charge in [0.25, 0.3) is 0 Å². The standard InChI is InChI=1S/C17H27N3O/c1-3-18-16(20-12-17(13-21)9-10-17)19-11-14(2)15-7-5-4-6-8-15/h4-8,14,21H,3,9-13H2,1-2H3,(H2,18,19,20). The quantitative estimate of drug-likeness (QED) is 0.532. The van der Waals surface area contributed by atoms with E-state index in [9.17, 15) is 5.11 Å². The van der Waals surface area contributed by atoms with Crippen LogP contribution in [0.25, 0.3) is 0 Å². The Kier molecular flexibility index (Phi) is 5.62. The number of rotatable bonds is 7. The first-order valence-corrected chi connectivity index (χ1v) is 7.87. The molecule has 4 nitrogen and oxygen atoms in total. The van der Waals surface area contributed by atoms with Gasteiger partial charge in [0, 0.05) is 18.5 Å². The molecule has 1 aromatic rings. The Hall–Kier alpha value is -1.55. The number of nitrogens with one attached hydrogen (secondary N) is 2. The fourth-order valence-electron chi connectivity index (χ4n) is 2.28. The van der Waals surface area contributed by atoms with Crippen LogP contribution >= 0.6 is 0 Å². The van der Waals surface area contributed by atoms with Crippen LogP contribution in [0, 0.1) is 5.41 Å². The van der Waals surface area contributed by atoms with E-state index in [2.05, 4.69) is 53.7 Å². The minimum absolute atomic E-state index is 0.0629. The molecule has 0 saturated heterocycles. The average Bonchev–Trinajstić information content (AvgIpc) is 3.31. The zero-order valence-corrected chi connectivity index (χ0v) is 13.1. The molecule has 1 unspecified atom stereocenters. The molecule has 0 radical (unpaired) electrons. The molecule has 116 valence electrons. The number of benzene rings is 1. The van der Waals surface area contributed by atoms with Crippen molar-refractivity contribution in [2.45, 2.75) is 32.6 Å². The van der Waals surface area contributed by atoms with Gasteiger partial charge in [-0.05, 0) is 31.2 Å². The van der Waals surface area contributed by atoms with Gasteiger partial charge in [0.05, 0.1) is 13.2 Å². The Morgan fingerprint density at radius 1 is 1.29 bits per heavy atom. The van der Waals surface area contributed by atoms with E-state index in [0.717, 1.165) is 31.9 Å². The SMILES string of the molecule is CCNC(=NCC1(CO)CC1)NCC(C)c1ccccc1. The van der Waals surface area contributed by atoms with Gasteiger partial charge in [-0.2, -0.15) is 0 Å². The van der Waals surface area contributed by atoms with Gasteiger partial charge in [-0.3, -0.25) is 4.99 Å². The van der Waals surface area contributed by atoms with E-state index in [1.54, 1.807) is 0 Å². The van der Waals surface area contributed by atoms with Crippen LogP contribution in [0.3, 0.4) is 0 Å². The van der Waals surface area contributed by atoms with Crippen molar-refractivity contribution in [2.24, 2.45) is 10.4 Å². The molecule has 0 spiro atoms. The maximum absolute atomic E-state index is 9.36. The second-order valence-corrected chi connectivity index (χ2v) is 6.05. The monoisotopic (exact) mass is 289 g/mol. The summed E-state index contributed by atoms with van der Waals surface area (Å²) in [5, 5.41) is 16.0. The third kappa shape index (κ3) is 4.74. The molecule has 4 heteroatoms. The zero-order valence-electron chi connectivity index (χ0n) is 13.1. The third-order valence-corrected chi connectivity index (χ3v) is 4.15. The van der Waals surface area contributed by atoms with Crippen LogP contribution in [-0.2, 0) is 0 Å². The molecule has 3 N–H and O–H groups in total. The van der Waals surface area contributed by atoms with Gasteiger partial charge >= 0.3 is 0 Å². The van der Waals surface area contributed by atoms with Crippen LogP contribution in [0.4, 0.5) is 0 Å². The molecule has 1 saturated carbocycles. The van der Waals surface area contributed by atoms with Crippen LogP contribution in [-0.4, -0.2) is 37.3 Å². The second kappa shape index (κ2) is 7.46. The Bertz CT molecular complexity index is 454. The van der Waals surface area contributed by atoms with Gasteiger partial charge in [-0.1, -0.05) is 37.3 Å². The van der Waals surface area contributed by atoms with Crippen molar-refractivity contribution in [3.05, 3.63) is 35.9 Å². The van der Waals surface area contributed by atoms with Crippen molar-refractivity contribution in [3.63, 3.8) is 0 Å². The smallest absolute Gasteiger partial charge is 0.191 e. The second-order valence-electron chi connectivity index (χ2n) is 6.05. The van der Waals surface area contributed by atoms with Crippen molar-refractivity contribution in [3.8, 4) is 0 Å². The van der Waals surface area contributed by atoms with E-state index < -0.39 is 0 Å². The predicted molar refractivity (Wildman–Crippen MR) is 87.6 cm³/mol. The molecule has 1 aliphatic carbocycles. The molecule has 2 rings (SSSR count). The highest BCUT2D eigenvalue weighted by atomic mass is 16.3. The number of aliphatic hydroxyl groups is 1. The maximum Gasteiger partial charge on any atom is 0.191 e. The van der Waals surface area contributed by atoms with Gasteiger partial charge in [0.15, 0.2) is 5.96 Å². The van der Waals surface area contributed by atoms with Crippen molar-refractivity contribution in [1.29, 1.82) is 0 Å². The van der Waals surface area contributed by atoms with Crippen LogP contribution in [0.1, 0.15) is 38.2 Å². The van der Waals surface area contributed by atoms with Crippen LogP contribution in [0.2, 0.25) is 0 Å². The lowest BCUT2D eigenvalue weighted by molar-refractivity contribution is 0.217. The number of hydrogen-bond donors (Lipinski definition) is 3. The fourth-order valence-corrected chi connectivity index (χ4v) is 2.28. The van der Waals surface area contributed by atoms with E-state index in [-0.39, 0.29) is 12.0 Å². The first kappa shape index (κ1) is 15.8. The number of hydrogen-bond acceptors (Lipinski definition) is 2. The Balaban J connectivity index is 1.86. The summed E-state index contributed by atoms with van der Waals surface area (Å²) in [7, 11) is 0. The van der Waals surface area contributed by atoms with Crippen molar-refractivity contribution >= 4 is 5.96 Å². The summed E-state index contributed by atoms with van der Waals surface area (Å²) in [4.78, 5) is 4.62. The van der Waals surface area contributed by atoms with E-state index in [1.807, 2.05) is 6.07 Å². The highest BCUT2D eigenvalue weighted by Crippen LogP contribution is 2.45. The molecule has 1 fully saturated rings. The molecule has 0 amide bonds. The summed E-state index contributed by atoms with van der Waals surface area (Å²) in [6, 6.07) is 10.5. The molecule has 1 aliphatic rings. The van der Waals surface area contributed by atoms with Gasteiger partial charge < -0.3 is 15.7 Å². The Morgan fingerprint density at radius 2 is 2.00 bits per heavy atom. The molecule has 0 aliphatic heterocycles. The summed E-state index contributed by atoms with van der Waals surface area (Å²) in [5.74, 6) is 1.28. The minimum Gasteiger partial charge on any atom is -0.396 e. The first-order chi connectivity index (χ1) is 10.2. The van der Waals surface area contributed by atoms with Crippen LogP contribution in [0.15, 0.2) is 35.3 Å². The highest BCUT2D eigenvalue weighted by Gasteiger charge is 2.41. The van der Waals surface area contributed by atoms with Gasteiger partial charge in [0.2, 0.25) is 0 Å². The molecule has 1 aromatic carbocycles. The number of aliphatic hydroxyl groups excluding tert-OH is 1. The summed E-state index contributed by atoms with van der Waals surface area (Å²) in [5.41, 5.74) is 1.39. The first-order valence-electron chi connectivity index (χ1n) is 7.87. The average molecular weight is 289 g/mol. The molecular weight excluding hydrogens is 262 g/mol. The van der Waals surface area contributed by atoms with E-state index in [4.69, 9.17) is 0 Å². The lowest BCUT2D eigenvalue weighted by atomic mass is 10.0. The highest BCUT2D eigenvalue weighted by molar-refractivity contribution is 5.79. The van der Waals surface area contributed by atoms with Crippen molar-refractivity contribution in [1.82, 2.24) is 10.6 Å². The predicted octanol–water partition coefficient (Wildman–Crippen LogP) is 2.12. The molecule has 21 heavy (non-hydrogen) atoms. The summed E-state index contributed by atoms with van der Waals surface area (Å²) < 4.78 is 0. The molecule has 0 heterocycles. The van der Waals surface area contributed by atoms with Gasteiger partial charge in [-0.25, -0.2) is 0 Å². The maximum atomic E-state index is 9.36. The summed E-state index contributed by atoms with van der Waals surface area (Å²) in [6.45, 7) is 6.92. The molecule has 0 aromatic heterocycles. The minimum atomic E-state index is 0.0629. The summed E-state index contributed by atoms with van der Waals surface area (Å²) in [6.07, 6.45) is 2.18. The number of guanidine groups is 1. The lowest BCUT2D eigenvalue weighted by Crippen LogP contribution is -2.39. The van der Waals surface area contributed by atoms with E-state index in [0.29, 0.717) is 12.5 Å². The van der Waals surface area contributed by atoms with Crippen LogP contribution in [0.5, 0.6) is 0 Å². The Labute approximate surface area is 127 Å². The molecular formula is C17H27N3O. The van der Waals surface area contributed by atoms with E-state index >= 15 is 0 Å². The molecule has 1 atom stereocenters. The largest absolute Gasteiger partial charge is 0.396 e. The normalized spacial score (nSPS) is 18.1. The van der Waals surface area contributed by atoms with Gasteiger partial charge in [-0.15, -0.1) is 0 Å². The fraction of sp³-hybridized carbons (Fsp3) is 0.588. The number of nitrogens with zero attached hydrogens (tertiary/aromatic N) is 1. The summed E-state index contributed by atoms with van der Waals surface area (Å²) >= 11 is 0. The van der Waals surface area contributed by atoms with Crippen molar-refractivity contribution < 1.29 is 5.11 Å². The topological polar surface area (TPSA) is 56.7 Å². The number of aliphatic imine (C=N–C) groups is 1.